The van der Waals surface area contributed by atoms with Crippen molar-refractivity contribution in [2.24, 2.45) is 22.9 Å². The van der Waals surface area contributed by atoms with Crippen LogP contribution >= 0.6 is 11.6 Å². The molecule has 8 nitrogen and oxygen atoms in total. The summed E-state index contributed by atoms with van der Waals surface area (Å²) in [5.41, 5.74) is 19.8. The Balaban J connectivity index is 0. The molecule has 0 spiro atoms. The van der Waals surface area contributed by atoms with Gasteiger partial charge >= 0.3 is 0 Å². The van der Waals surface area contributed by atoms with Crippen molar-refractivity contribution in [1.82, 2.24) is 0 Å². The molecule has 20 heavy (non-hydrogen) atoms. The van der Waals surface area contributed by atoms with Gasteiger partial charge in [0.25, 0.3) is 0 Å². The summed E-state index contributed by atoms with van der Waals surface area (Å²) in [7, 11) is 0. The maximum absolute atomic E-state index is 6.38. The lowest BCUT2D eigenvalue weighted by Crippen LogP contribution is -2.28. The molecule has 1 aromatic rings. The van der Waals surface area contributed by atoms with Crippen LogP contribution < -0.4 is 22.9 Å². The SMILES string of the molecule is Cc1ccccc1Cl.N=C(N)C(=N)N.N=C(N)C(=N)N. The molecule has 0 saturated heterocycles. The fourth-order valence-electron chi connectivity index (χ4n) is 0.551. The number of nitrogens with two attached hydrogens (primary N) is 4. The molecular formula is C11H19ClN8. The van der Waals surface area contributed by atoms with Gasteiger partial charge in [0, 0.05) is 5.02 Å². The van der Waals surface area contributed by atoms with Crippen molar-refractivity contribution in [1.29, 1.82) is 21.6 Å². The van der Waals surface area contributed by atoms with Crippen molar-refractivity contribution in [2.75, 3.05) is 0 Å². The first kappa shape index (κ1) is 19.7. The van der Waals surface area contributed by atoms with Crippen molar-refractivity contribution >= 4 is 34.9 Å². The fraction of sp³-hybridized carbons (Fsp3) is 0.0909. The van der Waals surface area contributed by atoms with Gasteiger partial charge in [-0.15, -0.1) is 0 Å². The third kappa shape index (κ3) is 11.9. The predicted molar refractivity (Wildman–Crippen MR) is 83.8 cm³/mol. The Morgan fingerprint density at radius 3 is 1.25 bits per heavy atom. The van der Waals surface area contributed by atoms with Crippen molar-refractivity contribution in [3.8, 4) is 0 Å². The molecule has 0 aromatic heterocycles. The average molecular weight is 299 g/mol. The highest BCUT2D eigenvalue weighted by atomic mass is 35.5. The van der Waals surface area contributed by atoms with Crippen LogP contribution in [0.4, 0.5) is 0 Å². The summed E-state index contributed by atoms with van der Waals surface area (Å²) in [5, 5.41) is 26.3. The van der Waals surface area contributed by atoms with E-state index in [4.69, 9.17) is 33.2 Å². The molecule has 0 saturated carbocycles. The van der Waals surface area contributed by atoms with Gasteiger partial charge in [-0.2, -0.15) is 0 Å². The number of rotatable bonds is 0. The molecule has 0 aliphatic carbocycles. The quantitative estimate of drug-likeness (QED) is 0.252. The van der Waals surface area contributed by atoms with E-state index in [2.05, 4.69) is 22.9 Å². The number of aryl methyl sites for hydroxylation is 1. The van der Waals surface area contributed by atoms with Crippen LogP contribution in [0.25, 0.3) is 0 Å². The second-order valence-corrected chi connectivity index (χ2v) is 3.81. The molecule has 0 atom stereocenters. The second-order valence-electron chi connectivity index (χ2n) is 3.40. The normalized spacial score (nSPS) is 8.10. The summed E-state index contributed by atoms with van der Waals surface area (Å²) in [6.45, 7) is 1.99. The summed E-state index contributed by atoms with van der Waals surface area (Å²) in [6, 6.07) is 7.77. The Hall–Kier alpha value is -2.61. The zero-order valence-corrected chi connectivity index (χ0v) is 11.8. The van der Waals surface area contributed by atoms with Crippen LogP contribution in [0.1, 0.15) is 5.56 Å². The average Bonchev–Trinajstić information content (AvgIpc) is 2.34. The number of benzene rings is 1. The molecule has 12 N–H and O–H groups in total. The smallest absolute Gasteiger partial charge is 0.158 e. The molecular weight excluding hydrogens is 280 g/mol. The maximum Gasteiger partial charge on any atom is 0.158 e. The van der Waals surface area contributed by atoms with Gasteiger partial charge in [-0.1, -0.05) is 29.8 Å². The lowest BCUT2D eigenvalue weighted by atomic mass is 10.2. The highest BCUT2D eigenvalue weighted by Crippen LogP contribution is 2.11. The van der Waals surface area contributed by atoms with Crippen molar-refractivity contribution in [3.63, 3.8) is 0 Å². The standard InChI is InChI=1S/C7H7Cl.2C2H6N4/c1-6-4-2-3-5-7(6)8;2*3-1(4)2(5)6/h2-5H,1H3;2*(H3,3,4)(H3,5,6). The number of hydrogen-bond donors (Lipinski definition) is 8. The van der Waals surface area contributed by atoms with Crippen LogP contribution in [0.2, 0.25) is 5.02 Å². The number of hydrogen-bond acceptors (Lipinski definition) is 4. The van der Waals surface area contributed by atoms with E-state index in [0.717, 1.165) is 10.6 Å². The van der Waals surface area contributed by atoms with Gasteiger partial charge < -0.3 is 22.9 Å². The first-order chi connectivity index (χ1) is 9.09. The van der Waals surface area contributed by atoms with E-state index in [-0.39, 0.29) is 23.3 Å². The van der Waals surface area contributed by atoms with Gasteiger partial charge in [-0.25, -0.2) is 0 Å². The van der Waals surface area contributed by atoms with Gasteiger partial charge in [-0.05, 0) is 18.6 Å². The third-order valence-electron chi connectivity index (χ3n) is 1.66. The molecule has 9 heteroatoms. The van der Waals surface area contributed by atoms with Crippen LogP contribution in [0.3, 0.4) is 0 Å². The zero-order valence-electron chi connectivity index (χ0n) is 11.0. The summed E-state index contributed by atoms with van der Waals surface area (Å²) in [4.78, 5) is 0. The molecule has 0 aliphatic heterocycles. The molecule has 0 heterocycles. The van der Waals surface area contributed by atoms with Crippen molar-refractivity contribution in [2.45, 2.75) is 6.92 Å². The molecule has 0 radical (unpaired) electrons. The van der Waals surface area contributed by atoms with Gasteiger partial charge in [0.15, 0.2) is 23.3 Å². The van der Waals surface area contributed by atoms with Crippen molar-refractivity contribution in [3.05, 3.63) is 34.9 Å². The molecule has 0 aliphatic rings. The summed E-state index contributed by atoms with van der Waals surface area (Å²) in [5.74, 6) is -1.52. The monoisotopic (exact) mass is 298 g/mol. The molecule has 1 aromatic carbocycles. The molecule has 110 valence electrons. The van der Waals surface area contributed by atoms with Gasteiger partial charge in [0.1, 0.15) is 0 Å². The van der Waals surface area contributed by atoms with Crippen molar-refractivity contribution < 1.29 is 0 Å². The first-order valence-corrected chi connectivity index (χ1v) is 5.55. The molecule has 0 unspecified atom stereocenters. The van der Waals surface area contributed by atoms with Crippen LogP contribution in [-0.4, -0.2) is 23.3 Å². The summed E-state index contributed by atoms with van der Waals surface area (Å²) >= 11 is 5.71. The Bertz CT molecular complexity index is 428. The van der Waals surface area contributed by atoms with Crippen LogP contribution in [0.5, 0.6) is 0 Å². The van der Waals surface area contributed by atoms with E-state index in [1.54, 1.807) is 0 Å². The molecule has 0 fully saturated rings. The summed E-state index contributed by atoms with van der Waals surface area (Å²) in [6.07, 6.45) is 0. The van der Waals surface area contributed by atoms with Gasteiger partial charge in [0.2, 0.25) is 0 Å². The zero-order chi connectivity index (χ0) is 16.3. The Kier molecular flexibility index (Phi) is 10.2. The largest absolute Gasteiger partial charge is 0.381 e. The summed E-state index contributed by atoms with van der Waals surface area (Å²) < 4.78 is 0. The maximum atomic E-state index is 6.38. The topological polar surface area (TPSA) is 199 Å². The fourth-order valence-corrected chi connectivity index (χ4v) is 0.687. The minimum Gasteiger partial charge on any atom is -0.381 e. The number of nitrogens with one attached hydrogen (secondary N) is 4. The third-order valence-corrected chi connectivity index (χ3v) is 2.08. The van der Waals surface area contributed by atoms with E-state index in [0.29, 0.717) is 0 Å². The molecule has 0 amide bonds. The highest BCUT2D eigenvalue weighted by molar-refractivity contribution is 6.36. The van der Waals surface area contributed by atoms with E-state index >= 15 is 0 Å². The Morgan fingerprint density at radius 2 is 1.10 bits per heavy atom. The minimum atomic E-state index is -0.380. The lowest BCUT2D eigenvalue weighted by Gasteiger charge is -1.90. The predicted octanol–water partition coefficient (Wildman–Crippen LogP) is 0.365. The molecule has 0 bridgehead atoms. The van der Waals surface area contributed by atoms with Crippen LogP contribution in [0.15, 0.2) is 24.3 Å². The lowest BCUT2D eigenvalue weighted by molar-refractivity contribution is 1.41. The Labute approximate surface area is 122 Å². The number of amidine groups is 4. The van der Waals surface area contributed by atoms with E-state index in [1.165, 1.54) is 0 Å². The van der Waals surface area contributed by atoms with E-state index in [9.17, 15) is 0 Å². The first-order valence-electron chi connectivity index (χ1n) is 5.17. The van der Waals surface area contributed by atoms with E-state index in [1.807, 2.05) is 31.2 Å². The minimum absolute atomic E-state index is 0.380. The van der Waals surface area contributed by atoms with Gasteiger partial charge in [-0.3, -0.25) is 21.6 Å². The Morgan fingerprint density at radius 1 is 0.800 bits per heavy atom. The highest BCUT2D eigenvalue weighted by Gasteiger charge is 1.87. The molecule has 1 rings (SSSR count). The van der Waals surface area contributed by atoms with Crippen LogP contribution in [-0.2, 0) is 0 Å². The number of halogens is 1. The van der Waals surface area contributed by atoms with Crippen LogP contribution in [0, 0.1) is 28.6 Å². The van der Waals surface area contributed by atoms with Gasteiger partial charge in [0.05, 0.1) is 0 Å². The second kappa shape index (κ2) is 10.3. The van der Waals surface area contributed by atoms with E-state index < -0.39 is 0 Å².